The molecule has 0 amide bonds. The van der Waals surface area contributed by atoms with Crippen molar-refractivity contribution in [3.63, 3.8) is 0 Å². The molecule has 10 heavy (non-hydrogen) atoms. The van der Waals surface area contributed by atoms with Gasteiger partial charge in [0.05, 0.1) is 6.10 Å². The zero-order valence-electron chi connectivity index (χ0n) is 6.76. The predicted octanol–water partition coefficient (Wildman–Crippen LogP) is 2.80. The van der Waals surface area contributed by atoms with Gasteiger partial charge in [-0.2, -0.15) is 0 Å². The van der Waals surface area contributed by atoms with Crippen LogP contribution in [0, 0.1) is 0 Å². The quantitative estimate of drug-likeness (QED) is 0.459. The van der Waals surface area contributed by atoms with Gasteiger partial charge in [-0.25, -0.2) is 0 Å². The number of allylic oxidation sites excluding steroid dienone is 2. The van der Waals surface area contributed by atoms with Gasteiger partial charge in [-0.1, -0.05) is 24.4 Å². The summed E-state index contributed by atoms with van der Waals surface area (Å²) >= 11 is 1.59. The van der Waals surface area contributed by atoms with Crippen molar-refractivity contribution in [2.75, 3.05) is 6.26 Å². The lowest BCUT2D eigenvalue weighted by Gasteiger charge is -2.09. The van der Waals surface area contributed by atoms with E-state index in [1.54, 1.807) is 17.8 Å². The molecule has 0 heterocycles. The zero-order valence-corrected chi connectivity index (χ0v) is 7.57. The molecule has 0 radical (unpaired) electrons. The van der Waals surface area contributed by atoms with Gasteiger partial charge in [-0.05, 0) is 26.2 Å². The van der Waals surface area contributed by atoms with E-state index >= 15 is 0 Å². The van der Waals surface area contributed by atoms with Crippen molar-refractivity contribution in [3.8, 4) is 0 Å². The van der Waals surface area contributed by atoms with E-state index in [2.05, 4.69) is 6.58 Å². The third kappa shape index (κ3) is 4.50. The molecule has 0 rings (SSSR count). The van der Waals surface area contributed by atoms with Crippen LogP contribution in [0.15, 0.2) is 23.8 Å². The Balaban J connectivity index is 3.82. The molecule has 1 nitrogen and oxygen atoms in total. The molecule has 0 atom stereocenters. The van der Waals surface area contributed by atoms with E-state index in [0.717, 1.165) is 5.09 Å². The Morgan fingerprint density at radius 1 is 1.60 bits per heavy atom. The van der Waals surface area contributed by atoms with E-state index in [4.69, 9.17) is 4.74 Å². The molecule has 0 fully saturated rings. The lowest BCUT2D eigenvalue weighted by atomic mass is 10.5. The van der Waals surface area contributed by atoms with Gasteiger partial charge >= 0.3 is 0 Å². The van der Waals surface area contributed by atoms with E-state index < -0.39 is 0 Å². The third-order valence-electron chi connectivity index (χ3n) is 0.807. The molecule has 0 N–H and O–H groups in total. The number of rotatable bonds is 4. The predicted molar refractivity (Wildman–Crippen MR) is 48.0 cm³/mol. The lowest BCUT2D eigenvalue weighted by Crippen LogP contribution is -1.99. The number of ether oxygens (including phenoxy) is 1. The van der Waals surface area contributed by atoms with Crippen molar-refractivity contribution in [3.05, 3.63) is 23.8 Å². The van der Waals surface area contributed by atoms with Crippen LogP contribution in [0.5, 0.6) is 0 Å². The van der Waals surface area contributed by atoms with Gasteiger partial charge in [0, 0.05) is 0 Å². The van der Waals surface area contributed by atoms with Crippen LogP contribution in [0.1, 0.15) is 13.8 Å². The highest BCUT2D eigenvalue weighted by molar-refractivity contribution is 8.02. The highest BCUT2D eigenvalue weighted by Crippen LogP contribution is 2.14. The Morgan fingerprint density at radius 2 is 2.20 bits per heavy atom. The van der Waals surface area contributed by atoms with Crippen molar-refractivity contribution in [2.45, 2.75) is 20.0 Å². The second-order valence-corrected chi connectivity index (χ2v) is 2.90. The molecular formula is C8H14OS. The van der Waals surface area contributed by atoms with E-state index in [1.165, 1.54) is 0 Å². The molecule has 0 aliphatic heterocycles. The van der Waals surface area contributed by atoms with Crippen LogP contribution in [-0.4, -0.2) is 12.4 Å². The van der Waals surface area contributed by atoms with Crippen molar-refractivity contribution in [2.24, 2.45) is 0 Å². The normalized spacial score (nSPS) is 11.8. The molecule has 0 aromatic rings. The molecule has 0 aromatic heterocycles. The van der Waals surface area contributed by atoms with Crippen LogP contribution < -0.4 is 0 Å². The van der Waals surface area contributed by atoms with Crippen molar-refractivity contribution in [1.82, 2.24) is 0 Å². The first-order valence-electron chi connectivity index (χ1n) is 3.24. The maximum absolute atomic E-state index is 5.39. The molecule has 0 aliphatic carbocycles. The summed E-state index contributed by atoms with van der Waals surface area (Å²) in [5.41, 5.74) is 0. The summed E-state index contributed by atoms with van der Waals surface area (Å²) in [4.78, 5) is 0. The summed E-state index contributed by atoms with van der Waals surface area (Å²) < 4.78 is 5.39. The minimum absolute atomic E-state index is 0.249. The molecule has 2 heteroatoms. The standard InChI is InChI=1S/C8H14OS/c1-5-6-8(10-4)9-7(2)3/h5-7H,1H2,2-4H3/b8-6-. The van der Waals surface area contributed by atoms with Gasteiger partial charge < -0.3 is 4.74 Å². The van der Waals surface area contributed by atoms with Crippen LogP contribution >= 0.6 is 11.8 Å². The molecule has 0 saturated carbocycles. The third-order valence-corrected chi connectivity index (χ3v) is 1.44. The maximum Gasteiger partial charge on any atom is 0.153 e. The van der Waals surface area contributed by atoms with Gasteiger partial charge in [-0.3, -0.25) is 0 Å². The van der Waals surface area contributed by atoms with Gasteiger partial charge in [0.25, 0.3) is 0 Å². The van der Waals surface area contributed by atoms with Crippen molar-refractivity contribution < 1.29 is 4.74 Å². The summed E-state index contributed by atoms with van der Waals surface area (Å²) in [6.07, 6.45) is 5.83. The summed E-state index contributed by atoms with van der Waals surface area (Å²) in [6, 6.07) is 0. The second kappa shape index (κ2) is 5.42. The second-order valence-electron chi connectivity index (χ2n) is 2.09. The Labute approximate surface area is 67.2 Å². The molecule has 0 bridgehead atoms. The highest BCUT2D eigenvalue weighted by atomic mass is 32.2. The Kier molecular flexibility index (Phi) is 5.22. The molecule has 0 aliphatic rings. The average molecular weight is 158 g/mol. The smallest absolute Gasteiger partial charge is 0.153 e. The Morgan fingerprint density at radius 3 is 2.50 bits per heavy atom. The summed E-state index contributed by atoms with van der Waals surface area (Å²) in [5, 5.41) is 0.921. The first kappa shape index (κ1) is 9.63. The van der Waals surface area contributed by atoms with Crippen LogP contribution in [0.3, 0.4) is 0 Å². The van der Waals surface area contributed by atoms with Crippen molar-refractivity contribution in [1.29, 1.82) is 0 Å². The Bertz CT molecular complexity index is 127. The molecular weight excluding hydrogens is 144 g/mol. The fourth-order valence-electron chi connectivity index (χ4n) is 0.484. The topological polar surface area (TPSA) is 9.23 Å². The summed E-state index contributed by atoms with van der Waals surface area (Å²) in [6.45, 7) is 7.60. The van der Waals surface area contributed by atoms with Crippen LogP contribution in [0.25, 0.3) is 0 Å². The molecule has 0 saturated heterocycles. The molecule has 0 spiro atoms. The fourth-order valence-corrected chi connectivity index (χ4v) is 1.00. The van der Waals surface area contributed by atoms with Crippen molar-refractivity contribution >= 4 is 11.8 Å². The Hall–Kier alpha value is -0.370. The maximum atomic E-state index is 5.39. The van der Waals surface area contributed by atoms with E-state index in [0.29, 0.717) is 0 Å². The van der Waals surface area contributed by atoms with Crippen LogP contribution in [0.4, 0.5) is 0 Å². The minimum Gasteiger partial charge on any atom is -0.485 e. The van der Waals surface area contributed by atoms with Gasteiger partial charge in [-0.15, -0.1) is 0 Å². The summed E-state index contributed by atoms with van der Waals surface area (Å²) in [5.74, 6) is 0. The molecule has 58 valence electrons. The van der Waals surface area contributed by atoms with E-state index in [1.807, 2.05) is 26.2 Å². The average Bonchev–Trinajstić information content (AvgIpc) is 1.86. The fraction of sp³-hybridized carbons (Fsp3) is 0.500. The minimum atomic E-state index is 0.249. The summed E-state index contributed by atoms with van der Waals surface area (Å²) in [7, 11) is 0. The van der Waals surface area contributed by atoms with Crippen LogP contribution in [-0.2, 0) is 4.74 Å². The van der Waals surface area contributed by atoms with E-state index in [9.17, 15) is 0 Å². The molecule has 0 aromatic carbocycles. The lowest BCUT2D eigenvalue weighted by molar-refractivity contribution is 0.170. The molecule has 0 unspecified atom stereocenters. The van der Waals surface area contributed by atoms with Crippen LogP contribution in [0.2, 0.25) is 0 Å². The van der Waals surface area contributed by atoms with E-state index in [-0.39, 0.29) is 6.10 Å². The number of hydrogen-bond donors (Lipinski definition) is 0. The first-order valence-corrected chi connectivity index (χ1v) is 4.46. The SMILES string of the molecule is C=C/C=C(/OC(C)C)SC. The van der Waals surface area contributed by atoms with Gasteiger partial charge in [0.15, 0.2) is 5.09 Å². The van der Waals surface area contributed by atoms with Gasteiger partial charge in [0.2, 0.25) is 0 Å². The monoisotopic (exact) mass is 158 g/mol. The number of hydrogen-bond acceptors (Lipinski definition) is 2. The zero-order chi connectivity index (χ0) is 7.98. The largest absolute Gasteiger partial charge is 0.485 e. The number of thioether (sulfide) groups is 1. The first-order chi connectivity index (χ1) is 4.70. The van der Waals surface area contributed by atoms with Gasteiger partial charge in [0.1, 0.15) is 0 Å². The highest BCUT2D eigenvalue weighted by Gasteiger charge is 1.96.